The van der Waals surface area contributed by atoms with Crippen molar-refractivity contribution < 1.29 is 14.3 Å². The molecule has 0 atom stereocenters. The topological polar surface area (TPSA) is 73.2 Å². The molecular formula is C25H18ClN3O3S. The zero-order chi connectivity index (χ0) is 22.9. The van der Waals surface area contributed by atoms with Crippen molar-refractivity contribution >= 4 is 61.5 Å². The van der Waals surface area contributed by atoms with Gasteiger partial charge in [-0.15, -0.1) is 11.3 Å². The number of para-hydroxylation sites is 1. The Morgan fingerprint density at radius 3 is 2.61 bits per heavy atom. The summed E-state index contributed by atoms with van der Waals surface area (Å²) >= 11 is 7.58. The van der Waals surface area contributed by atoms with Crippen LogP contribution in [0.4, 0.5) is 5.69 Å². The number of carbonyl (C=O) groups excluding carboxylic acids is 2. The van der Waals surface area contributed by atoms with Gasteiger partial charge in [-0.2, -0.15) is 5.10 Å². The molecule has 0 aliphatic heterocycles. The minimum Gasteiger partial charge on any atom is -0.451 e. The van der Waals surface area contributed by atoms with Crippen LogP contribution in [-0.4, -0.2) is 28.3 Å². The fourth-order valence-electron chi connectivity index (χ4n) is 3.60. The lowest BCUT2D eigenvalue weighted by Crippen LogP contribution is -2.20. The maximum atomic E-state index is 12.6. The number of amides is 1. The molecule has 1 N–H and O–H groups in total. The largest absolute Gasteiger partial charge is 0.451 e. The second kappa shape index (κ2) is 8.69. The van der Waals surface area contributed by atoms with E-state index in [-0.39, 0.29) is 6.61 Å². The van der Waals surface area contributed by atoms with E-state index in [1.54, 1.807) is 16.8 Å². The summed E-state index contributed by atoms with van der Waals surface area (Å²) in [5.41, 5.74) is 2.15. The SMILES string of the molecule is Cc1nn(-c2ccccc2Cl)c2sc(C(=O)OCC(=O)Nc3ccc4ccccc4c3)cc12. The van der Waals surface area contributed by atoms with Gasteiger partial charge < -0.3 is 10.1 Å². The summed E-state index contributed by atoms with van der Waals surface area (Å²) in [5, 5.41) is 10.8. The summed E-state index contributed by atoms with van der Waals surface area (Å²) in [6.07, 6.45) is 0. The molecule has 0 aliphatic rings. The van der Waals surface area contributed by atoms with Crippen molar-refractivity contribution in [3.8, 4) is 5.69 Å². The molecule has 164 valence electrons. The highest BCUT2D eigenvalue weighted by molar-refractivity contribution is 7.20. The molecule has 0 saturated heterocycles. The van der Waals surface area contributed by atoms with E-state index in [0.29, 0.717) is 15.6 Å². The Morgan fingerprint density at radius 2 is 1.79 bits per heavy atom. The third kappa shape index (κ3) is 4.20. The molecule has 5 aromatic rings. The number of thiophene rings is 1. The number of benzene rings is 3. The van der Waals surface area contributed by atoms with Gasteiger partial charge in [-0.1, -0.05) is 54.1 Å². The number of halogens is 1. The van der Waals surface area contributed by atoms with E-state index in [9.17, 15) is 9.59 Å². The van der Waals surface area contributed by atoms with Gasteiger partial charge in [0.05, 0.1) is 16.4 Å². The van der Waals surface area contributed by atoms with Gasteiger partial charge in [0.2, 0.25) is 0 Å². The summed E-state index contributed by atoms with van der Waals surface area (Å²) in [6, 6.07) is 22.6. The molecule has 33 heavy (non-hydrogen) atoms. The van der Waals surface area contributed by atoms with Gasteiger partial charge in [-0.3, -0.25) is 4.79 Å². The number of hydrogen-bond donors (Lipinski definition) is 1. The third-order valence-electron chi connectivity index (χ3n) is 5.19. The lowest BCUT2D eigenvalue weighted by molar-refractivity contribution is -0.119. The minimum absolute atomic E-state index is 0.379. The lowest BCUT2D eigenvalue weighted by atomic mass is 10.1. The van der Waals surface area contributed by atoms with Crippen LogP contribution in [-0.2, 0) is 9.53 Å². The van der Waals surface area contributed by atoms with E-state index >= 15 is 0 Å². The van der Waals surface area contributed by atoms with Crippen molar-refractivity contribution in [1.29, 1.82) is 0 Å². The molecule has 2 heterocycles. The standard InChI is InChI=1S/C25H18ClN3O3S/c1-15-19-13-22(33-24(19)29(28-15)21-9-5-4-8-20(21)26)25(31)32-14-23(30)27-18-11-10-16-6-2-3-7-17(16)12-18/h2-13H,14H2,1H3,(H,27,30). The molecule has 1 amide bonds. The number of nitrogens with zero attached hydrogens (tertiary/aromatic N) is 2. The summed E-state index contributed by atoms with van der Waals surface area (Å²) in [7, 11) is 0. The van der Waals surface area contributed by atoms with E-state index < -0.39 is 11.9 Å². The quantitative estimate of drug-likeness (QED) is 0.316. The van der Waals surface area contributed by atoms with Gasteiger partial charge in [0.15, 0.2) is 6.61 Å². The van der Waals surface area contributed by atoms with Crippen molar-refractivity contribution in [3.63, 3.8) is 0 Å². The number of aryl methyl sites for hydroxylation is 1. The van der Waals surface area contributed by atoms with E-state index in [4.69, 9.17) is 16.3 Å². The predicted octanol–water partition coefficient (Wildman–Crippen LogP) is 6.00. The minimum atomic E-state index is -0.560. The summed E-state index contributed by atoms with van der Waals surface area (Å²) < 4.78 is 6.98. The van der Waals surface area contributed by atoms with Gasteiger partial charge in [0.1, 0.15) is 9.71 Å². The van der Waals surface area contributed by atoms with Gasteiger partial charge in [-0.05, 0) is 48.0 Å². The number of hydrogen-bond acceptors (Lipinski definition) is 5. The van der Waals surface area contributed by atoms with E-state index in [0.717, 1.165) is 32.4 Å². The van der Waals surface area contributed by atoms with Crippen LogP contribution in [0.25, 0.3) is 26.7 Å². The number of ether oxygens (including phenoxy) is 1. The Kier molecular flexibility index (Phi) is 5.58. The molecule has 0 saturated carbocycles. The second-order valence-electron chi connectivity index (χ2n) is 7.46. The average molecular weight is 476 g/mol. The van der Waals surface area contributed by atoms with Crippen LogP contribution in [0.15, 0.2) is 72.8 Å². The molecule has 0 spiro atoms. The number of aromatic nitrogens is 2. The number of nitrogens with one attached hydrogen (secondary N) is 1. The first-order chi connectivity index (χ1) is 16.0. The van der Waals surface area contributed by atoms with Crippen molar-refractivity contribution in [2.45, 2.75) is 6.92 Å². The molecule has 5 rings (SSSR count). The Labute approximate surface area is 198 Å². The van der Waals surface area contributed by atoms with Crippen LogP contribution in [0.3, 0.4) is 0 Å². The van der Waals surface area contributed by atoms with Crippen molar-refractivity contribution in [2.75, 3.05) is 11.9 Å². The number of anilines is 1. The number of fused-ring (bicyclic) bond motifs is 2. The van der Waals surface area contributed by atoms with E-state index in [1.165, 1.54) is 11.3 Å². The Morgan fingerprint density at radius 1 is 1.03 bits per heavy atom. The average Bonchev–Trinajstić information content (AvgIpc) is 3.38. The molecule has 0 aliphatic carbocycles. The summed E-state index contributed by atoms with van der Waals surface area (Å²) in [4.78, 5) is 26.1. The fraction of sp³-hybridized carbons (Fsp3) is 0.0800. The Hall–Kier alpha value is -3.68. The first-order valence-electron chi connectivity index (χ1n) is 10.2. The van der Waals surface area contributed by atoms with Crippen LogP contribution < -0.4 is 5.32 Å². The van der Waals surface area contributed by atoms with Gasteiger partial charge in [-0.25, -0.2) is 9.48 Å². The summed E-state index contributed by atoms with van der Waals surface area (Å²) in [6.45, 7) is 1.49. The highest BCUT2D eigenvalue weighted by Gasteiger charge is 2.19. The monoisotopic (exact) mass is 475 g/mol. The highest BCUT2D eigenvalue weighted by Crippen LogP contribution is 2.32. The third-order valence-corrected chi connectivity index (χ3v) is 6.60. The number of rotatable bonds is 5. The number of carbonyl (C=O) groups is 2. The van der Waals surface area contributed by atoms with Crippen molar-refractivity contribution in [2.24, 2.45) is 0 Å². The Balaban J connectivity index is 1.29. The first-order valence-corrected chi connectivity index (χ1v) is 11.4. The van der Waals surface area contributed by atoms with Crippen LogP contribution in [0.2, 0.25) is 5.02 Å². The molecule has 3 aromatic carbocycles. The number of esters is 1. The smallest absolute Gasteiger partial charge is 0.348 e. The molecule has 0 radical (unpaired) electrons. The molecule has 6 nitrogen and oxygen atoms in total. The molecule has 8 heteroatoms. The zero-order valence-electron chi connectivity index (χ0n) is 17.5. The van der Waals surface area contributed by atoms with Crippen molar-refractivity contribution in [3.05, 3.63) is 88.4 Å². The lowest BCUT2D eigenvalue weighted by Gasteiger charge is -2.07. The zero-order valence-corrected chi connectivity index (χ0v) is 19.1. The van der Waals surface area contributed by atoms with Crippen LogP contribution in [0.5, 0.6) is 0 Å². The summed E-state index contributed by atoms with van der Waals surface area (Å²) in [5.74, 6) is -0.965. The normalized spacial score (nSPS) is 11.1. The second-order valence-corrected chi connectivity index (χ2v) is 8.90. The Bertz CT molecular complexity index is 1520. The van der Waals surface area contributed by atoms with E-state index in [2.05, 4.69) is 10.4 Å². The van der Waals surface area contributed by atoms with Crippen LogP contribution >= 0.6 is 22.9 Å². The first kappa shape index (κ1) is 21.2. The van der Waals surface area contributed by atoms with Crippen LogP contribution in [0.1, 0.15) is 15.4 Å². The van der Waals surface area contributed by atoms with Gasteiger partial charge in [0.25, 0.3) is 5.91 Å². The molecule has 0 bridgehead atoms. The van der Waals surface area contributed by atoms with Crippen molar-refractivity contribution in [1.82, 2.24) is 9.78 Å². The molecule has 0 unspecified atom stereocenters. The highest BCUT2D eigenvalue weighted by atomic mass is 35.5. The molecular weight excluding hydrogens is 458 g/mol. The molecule has 2 aromatic heterocycles. The maximum Gasteiger partial charge on any atom is 0.348 e. The van der Waals surface area contributed by atoms with Gasteiger partial charge >= 0.3 is 5.97 Å². The fourth-order valence-corrected chi connectivity index (χ4v) is 4.89. The maximum absolute atomic E-state index is 12.6. The van der Waals surface area contributed by atoms with Crippen LogP contribution in [0, 0.1) is 6.92 Å². The van der Waals surface area contributed by atoms with Gasteiger partial charge in [0, 0.05) is 11.1 Å². The molecule has 0 fully saturated rings. The van der Waals surface area contributed by atoms with E-state index in [1.807, 2.05) is 67.6 Å². The predicted molar refractivity (Wildman–Crippen MR) is 132 cm³/mol.